The van der Waals surface area contributed by atoms with Gasteiger partial charge in [-0.3, -0.25) is 10.1 Å². The molecule has 0 aliphatic heterocycles. The summed E-state index contributed by atoms with van der Waals surface area (Å²) in [7, 11) is 0. The van der Waals surface area contributed by atoms with Crippen molar-refractivity contribution in [3.63, 3.8) is 0 Å². The third-order valence-electron chi connectivity index (χ3n) is 4.67. The molecule has 0 amide bonds. The van der Waals surface area contributed by atoms with Crippen molar-refractivity contribution in [2.24, 2.45) is 11.3 Å². The normalized spacial score (nSPS) is 23.2. The highest BCUT2D eigenvalue weighted by atomic mass is 16.6. The topological polar surface area (TPSA) is 63.4 Å². The Morgan fingerprint density at radius 2 is 2.10 bits per heavy atom. The molecule has 0 radical (unpaired) electrons. The van der Waals surface area contributed by atoms with E-state index in [4.69, 9.17) is 0 Å². The van der Waals surface area contributed by atoms with Crippen molar-refractivity contribution in [3.05, 3.63) is 39.9 Å². The molecule has 0 spiro atoms. The lowest BCUT2D eigenvalue weighted by atomic mass is 9.66. The minimum Gasteiger partial charge on any atom is -0.392 e. The number of nitrogens with zero attached hydrogens (tertiary/aromatic N) is 1. The van der Waals surface area contributed by atoms with E-state index in [0.717, 1.165) is 19.3 Å². The first-order valence-electron chi connectivity index (χ1n) is 7.32. The quantitative estimate of drug-likeness (QED) is 0.674. The van der Waals surface area contributed by atoms with Crippen LogP contribution in [-0.2, 0) is 6.42 Å². The van der Waals surface area contributed by atoms with Gasteiger partial charge in [-0.2, -0.15) is 0 Å². The molecule has 1 aliphatic carbocycles. The van der Waals surface area contributed by atoms with Crippen molar-refractivity contribution < 1.29 is 10.0 Å². The van der Waals surface area contributed by atoms with Crippen LogP contribution >= 0.6 is 0 Å². The summed E-state index contributed by atoms with van der Waals surface area (Å²) in [6.45, 7) is 4.39. The number of hydrogen-bond acceptors (Lipinski definition) is 3. The maximum Gasteiger partial charge on any atom is 0.272 e. The molecule has 4 nitrogen and oxygen atoms in total. The molecule has 1 aromatic carbocycles. The molecule has 0 aromatic heterocycles. The Balaban J connectivity index is 2.15. The Bertz CT molecular complexity index is 484. The molecule has 1 saturated carbocycles. The first-order valence-corrected chi connectivity index (χ1v) is 7.32. The number of nitro groups is 1. The minimum atomic E-state index is -0.508. The largest absolute Gasteiger partial charge is 0.392 e. The molecule has 0 saturated heterocycles. The van der Waals surface area contributed by atoms with Crippen molar-refractivity contribution in [3.8, 4) is 0 Å². The van der Waals surface area contributed by atoms with Crippen molar-refractivity contribution in [2.45, 2.75) is 52.1 Å². The van der Waals surface area contributed by atoms with Gasteiger partial charge in [-0.25, -0.2) is 0 Å². The maximum atomic E-state index is 11.0. The standard InChI is InChI=1S/C16H23NO3/c1-16(2)10-6-5-8-13(16)15(18)11-12-7-3-4-9-14(12)17(19)20/h3-4,7,9,13,15,18H,5-6,8,10-11H2,1-2H3. The van der Waals surface area contributed by atoms with Crippen LogP contribution in [0.3, 0.4) is 0 Å². The molecule has 1 N–H and O–H groups in total. The Hall–Kier alpha value is -1.42. The van der Waals surface area contributed by atoms with Crippen LogP contribution in [0.15, 0.2) is 24.3 Å². The number of aliphatic hydroxyl groups is 1. The van der Waals surface area contributed by atoms with Crippen molar-refractivity contribution in [1.82, 2.24) is 0 Å². The first-order chi connectivity index (χ1) is 9.42. The number of benzene rings is 1. The number of aliphatic hydroxyl groups excluding tert-OH is 1. The van der Waals surface area contributed by atoms with E-state index >= 15 is 0 Å². The molecular weight excluding hydrogens is 254 g/mol. The maximum absolute atomic E-state index is 11.0. The summed E-state index contributed by atoms with van der Waals surface area (Å²) in [5.74, 6) is 0.219. The zero-order valence-corrected chi connectivity index (χ0v) is 12.2. The summed E-state index contributed by atoms with van der Waals surface area (Å²) in [6.07, 6.45) is 4.33. The van der Waals surface area contributed by atoms with E-state index in [-0.39, 0.29) is 21.9 Å². The fourth-order valence-corrected chi connectivity index (χ4v) is 3.46. The van der Waals surface area contributed by atoms with E-state index in [1.165, 1.54) is 12.5 Å². The zero-order chi connectivity index (χ0) is 14.8. The summed E-state index contributed by atoms with van der Waals surface area (Å²) in [5, 5.41) is 21.6. The summed E-state index contributed by atoms with van der Waals surface area (Å²) in [5.41, 5.74) is 0.854. The first kappa shape index (κ1) is 15.0. The summed E-state index contributed by atoms with van der Waals surface area (Å²) in [6, 6.07) is 6.71. The molecule has 1 aliphatic rings. The second kappa shape index (κ2) is 5.92. The SMILES string of the molecule is CC1(C)CCCCC1C(O)Cc1ccccc1[N+](=O)[O-]. The Labute approximate surface area is 120 Å². The third-order valence-corrected chi connectivity index (χ3v) is 4.67. The van der Waals surface area contributed by atoms with Crippen LogP contribution in [0.5, 0.6) is 0 Å². The number of rotatable bonds is 4. The van der Waals surface area contributed by atoms with Crippen molar-refractivity contribution >= 4 is 5.69 Å². The molecule has 20 heavy (non-hydrogen) atoms. The van der Waals surface area contributed by atoms with Gasteiger partial charge < -0.3 is 5.11 Å². The van der Waals surface area contributed by atoms with Gasteiger partial charge in [0, 0.05) is 18.1 Å². The summed E-state index contributed by atoms with van der Waals surface area (Å²) >= 11 is 0. The van der Waals surface area contributed by atoms with E-state index in [9.17, 15) is 15.2 Å². The van der Waals surface area contributed by atoms with Gasteiger partial charge in [0.2, 0.25) is 0 Å². The Kier molecular flexibility index (Phi) is 4.43. The van der Waals surface area contributed by atoms with Gasteiger partial charge in [0.15, 0.2) is 0 Å². The molecule has 2 unspecified atom stereocenters. The van der Waals surface area contributed by atoms with E-state index in [0.29, 0.717) is 12.0 Å². The van der Waals surface area contributed by atoms with Crippen LogP contribution in [0, 0.1) is 21.4 Å². The fourth-order valence-electron chi connectivity index (χ4n) is 3.46. The van der Waals surface area contributed by atoms with Gasteiger partial charge in [-0.05, 0) is 24.2 Å². The van der Waals surface area contributed by atoms with Gasteiger partial charge in [-0.15, -0.1) is 0 Å². The number of para-hydroxylation sites is 1. The molecule has 1 aromatic rings. The molecular formula is C16H23NO3. The van der Waals surface area contributed by atoms with Gasteiger partial charge in [0.25, 0.3) is 5.69 Å². The average Bonchev–Trinajstić information content (AvgIpc) is 2.38. The van der Waals surface area contributed by atoms with Crippen molar-refractivity contribution in [2.75, 3.05) is 0 Å². The van der Waals surface area contributed by atoms with Crippen LogP contribution in [0.4, 0.5) is 5.69 Å². The lowest BCUT2D eigenvalue weighted by Crippen LogP contribution is -2.38. The number of hydrogen-bond donors (Lipinski definition) is 1. The minimum absolute atomic E-state index is 0.111. The second-order valence-corrected chi connectivity index (χ2v) is 6.50. The predicted molar refractivity (Wildman–Crippen MR) is 78.5 cm³/mol. The lowest BCUT2D eigenvalue weighted by Gasteiger charge is -2.41. The highest BCUT2D eigenvalue weighted by Crippen LogP contribution is 2.43. The summed E-state index contributed by atoms with van der Waals surface area (Å²) < 4.78 is 0. The van der Waals surface area contributed by atoms with E-state index in [1.807, 2.05) is 0 Å². The highest BCUT2D eigenvalue weighted by molar-refractivity contribution is 5.40. The smallest absolute Gasteiger partial charge is 0.272 e. The highest BCUT2D eigenvalue weighted by Gasteiger charge is 2.37. The molecule has 110 valence electrons. The van der Waals surface area contributed by atoms with Gasteiger partial charge in [0.05, 0.1) is 11.0 Å². The van der Waals surface area contributed by atoms with Crippen LogP contribution in [0.1, 0.15) is 45.1 Å². The monoisotopic (exact) mass is 277 g/mol. The van der Waals surface area contributed by atoms with Gasteiger partial charge in [0.1, 0.15) is 0 Å². The molecule has 2 atom stereocenters. The lowest BCUT2D eigenvalue weighted by molar-refractivity contribution is -0.385. The molecule has 0 heterocycles. The second-order valence-electron chi connectivity index (χ2n) is 6.50. The van der Waals surface area contributed by atoms with Crippen LogP contribution in [-0.4, -0.2) is 16.1 Å². The molecule has 2 rings (SSSR count). The van der Waals surface area contributed by atoms with E-state index < -0.39 is 6.10 Å². The van der Waals surface area contributed by atoms with Crippen LogP contribution in [0.25, 0.3) is 0 Å². The number of nitro benzene ring substituents is 1. The predicted octanol–water partition coefficient (Wildman–Crippen LogP) is 3.71. The molecule has 1 fully saturated rings. The Morgan fingerprint density at radius 1 is 1.40 bits per heavy atom. The molecule has 4 heteroatoms. The fraction of sp³-hybridized carbons (Fsp3) is 0.625. The van der Waals surface area contributed by atoms with Crippen LogP contribution < -0.4 is 0 Å². The van der Waals surface area contributed by atoms with E-state index in [2.05, 4.69) is 13.8 Å². The van der Waals surface area contributed by atoms with Gasteiger partial charge in [-0.1, -0.05) is 44.9 Å². The van der Waals surface area contributed by atoms with E-state index in [1.54, 1.807) is 18.2 Å². The summed E-state index contributed by atoms with van der Waals surface area (Å²) in [4.78, 5) is 10.7. The van der Waals surface area contributed by atoms with Crippen LogP contribution in [0.2, 0.25) is 0 Å². The zero-order valence-electron chi connectivity index (χ0n) is 12.2. The van der Waals surface area contributed by atoms with Crippen molar-refractivity contribution in [1.29, 1.82) is 0 Å². The molecule has 0 bridgehead atoms. The Morgan fingerprint density at radius 3 is 2.75 bits per heavy atom. The van der Waals surface area contributed by atoms with Gasteiger partial charge >= 0.3 is 0 Å². The third kappa shape index (κ3) is 3.18. The average molecular weight is 277 g/mol.